The van der Waals surface area contributed by atoms with Crippen molar-refractivity contribution in [3.8, 4) is 0 Å². The van der Waals surface area contributed by atoms with Gasteiger partial charge in [-0.15, -0.1) is 0 Å². The van der Waals surface area contributed by atoms with Gasteiger partial charge in [0.05, 0.1) is 12.1 Å². The molecule has 0 saturated heterocycles. The standard InChI is InChI=1S/C18H20F3N5O2/c19-18(20,21)13-4-1-3-12(9-13)11-25-7-8-26-15(17(25)28)10-14(24-26)16(27)23-6-2-5-22/h1,3-4,9-10H,2,5-8,11,22H2,(H,23,27). The highest BCUT2D eigenvalue weighted by molar-refractivity contribution is 5.98. The van der Waals surface area contributed by atoms with Crippen LogP contribution in [0.15, 0.2) is 30.3 Å². The molecule has 1 aromatic carbocycles. The molecule has 0 radical (unpaired) electrons. The monoisotopic (exact) mass is 395 g/mol. The maximum Gasteiger partial charge on any atom is 0.416 e. The molecule has 2 amide bonds. The Morgan fingerprint density at radius 2 is 2.04 bits per heavy atom. The van der Waals surface area contributed by atoms with E-state index < -0.39 is 17.6 Å². The zero-order valence-corrected chi connectivity index (χ0v) is 15.0. The number of hydrogen-bond acceptors (Lipinski definition) is 4. The summed E-state index contributed by atoms with van der Waals surface area (Å²) in [7, 11) is 0. The van der Waals surface area contributed by atoms with Gasteiger partial charge < -0.3 is 16.0 Å². The van der Waals surface area contributed by atoms with E-state index in [2.05, 4.69) is 10.4 Å². The van der Waals surface area contributed by atoms with E-state index in [4.69, 9.17) is 5.73 Å². The van der Waals surface area contributed by atoms with Gasteiger partial charge in [-0.1, -0.05) is 12.1 Å². The molecule has 0 atom stereocenters. The summed E-state index contributed by atoms with van der Waals surface area (Å²) in [4.78, 5) is 26.2. The van der Waals surface area contributed by atoms with E-state index in [0.29, 0.717) is 31.6 Å². The third kappa shape index (κ3) is 4.33. The van der Waals surface area contributed by atoms with Crippen molar-refractivity contribution in [1.29, 1.82) is 0 Å². The predicted octanol–water partition coefficient (Wildman–Crippen LogP) is 1.64. The van der Waals surface area contributed by atoms with Crippen molar-refractivity contribution in [2.24, 2.45) is 5.73 Å². The third-order valence-electron chi connectivity index (χ3n) is 4.39. The summed E-state index contributed by atoms with van der Waals surface area (Å²) in [6, 6.07) is 6.30. The second-order valence-corrected chi connectivity index (χ2v) is 6.46. The summed E-state index contributed by atoms with van der Waals surface area (Å²) < 4.78 is 40.1. The van der Waals surface area contributed by atoms with Crippen LogP contribution in [0.2, 0.25) is 0 Å². The molecule has 2 aromatic rings. The van der Waals surface area contributed by atoms with Crippen molar-refractivity contribution in [2.45, 2.75) is 25.7 Å². The fraction of sp³-hybridized carbons (Fsp3) is 0.389. The van der Waals surface area contributed by atoms with Crippen molar-refractivity contribution >= 4 is 11.8 Å². The number of aromatic nitrogens is 2. The van der Waals surface area contributed by atoms with Crippen LogP contribution in [0, 0.1) is 0 Å². The molecule has 0 aliphatic carbocycles. The van der Waals surface area contributed by atoms with Crippen LogP contribution >= 0.6 is 0 Å². The number of hydrogen-bond donors (Lipinski definition) is 2. The molecule has 28 heavy (non-hydrogen) atoms. The van der Waals surface area contributed by atoms with Crippen LogP contribution in [0.5, 0.6) is 0 Å². The first-order valence-corrected chi connectivity index (χ1v) is 8.81. The van der Waals surface area contributed by atoms with Crippen LogP contribution < -0.4 is 11.1 Å². The van der Waals surface area contributed by atoms with Gasteiger partial charge in [-0.3, -0.25) is 14.3 Å². The maximum atomic E-state index is 12.9. The number of carbonyl (C=O) groups excluding carboxylic acids is 2. The van der Waals surface area contributed by atoms with Crippen LogP contribution in [0.25, 0.3) is 0 Å². The number of alkyl halides is 3. The quantitative estimate of drug-likeness (QED) is 0.728. The Morgan fingerprint density at radius 1 is 1.25 bits per heavy atom. The van der Waals surface area contributed by atoms with E-state index in [9.17, 15) is 22.8 Å². The minimum atomic E-state index is -4.44. The number of rotatable bonds is 6. The van der Waals surface area contributed by atoms with Gasteiger partial charge in [0.15, 0.2) is 5.69 Å². The Labute approximate surface area is 159 Å². The molecule has 0 saturated carbocycles. The fourth-order valence-electron chi connectivity index (χ4n) is 2.96. The Bertz CT molecular complexity index is 878. The van der Waals surface area contributed by atoms with Crippen molar-refractivity contribution in [3.63, 3.8) is 0 Å². The lowest BCUT2D eigenvalue weighted by Gasteiger charge is -2.27. The number of amides is 2. The van der Waals surface area contributed by atoms with Crippen molar-refractivity contribution in [1.82, 2.24) is 20.0 Å². The molecular weight excluding hydrogens is 375 g/mol. The molecule has 1 aliphatic rings. The summed E-state index contributed by atoms with van der Waals surface area (Å²) in [5, 5.41) is 6.81. The molecule has 3 rings (SSSR count). The van der Waals surface area contributed by atoms with Crippen LogP contribution in [-0.2, 0) is 19.3 Å². The molecular formula is C18H20F3N5O2. The molecule has 1 aliphatic heterocycles. The molecule has 0 fully saturated rings. The molecule has 0 spiro atoms. The normalized spacial score (nSPS) is 14.1. The van der Waals surface area contributed by atoms with Gasteiger partial charge in [-0.05, 0) is 30.7 Å². The van der Waals surface area contributed by atoms with E-state index >= 15 is 0 Å². The van der Waals surface area contributed by atoms with Crippen molar-refractivity contribution < 1.29 is 22.8 Å². The van der Waals surface area contributed by atoms with E-state index in [-0.39, 0.29) is 30.4 Å². The summed E-state index contributed by atoms with van der Waals surface area (Å²) in [5.41, 5.74) is 5.37. The first-order chi connectivity index (χ1) is 13.3. The van der Waals surface area contributed by atoms with Gasteiger partial charge in [0.1, 0.15) is 5.69 Å². The molecule has 2 heterocycles. The van der Waals surface area contributed by atoms with Gasteiger partial charge in [-0.25, -0.2) is 0 Å². The van der Waals surface area contributed by atoms with Crippen LogP contribution in [-0.4, -0.2) is 46.1 Å². The zero-order chi connectivity index (χ0) is 20.3. The van der Waals surface area contributed by atoms with Gasteiger partial charge >= 0.3 is 6.18 Å². The molecule has 7 nitrogen and oxygen atoms in total. The highest BCUT2D eigenvalue weighted by Crippen LogP contribution is 2.30. The number of benzene rings is 1. The summed E-state index contributed by atoms with van der Waals surface area (Å²) in [6.07, 6.45) is -3.81. The molecule has 1 aromatic heterocycles. The lowest BCUT2D eigenvalue weighted by atomic mass is 10.1. The summed E-state index contributed by atoms with van der Waals surface area (Å²) in [5.74, 6) is -0.773. The van der Waals surface area contributed by atoms with E-state index in [1.54, 1.807) is 6.07 Å². The molecule has 150 valence electrons. The molecule has 10 heteroatoms. The Balaban J connectivity index is 1.72. The van der Waals surface area contributed by atoms with Gasteiger partial charge in [0.2, 0.25) is 0 Å². The van der Waals surface area contributed by atoms with E-state index in [1.165, 1.54) is 21.7 Å². The average molecular weight is 395 g/mol. The summed E-state index contributed by atoms with van der Waals surface area (Å²) in [6.45, 7) is 1.55. The lowest BCUT2D eigenvalue weighted by molar-refractivity contribution is -0.137. The highest BCUT2D eigenvalue weighted by atomic mass is 19.4. The number of fused-ring (bicyclic) bond motifs is 1. The summed E-state index contributed by atoms with van der Waals surface area (Å²) >= 11 is 0. The average Bonchev–Trinajstić information content (AvgIpc) is 3.09. The molecule has 0 unspecified atom stereocenters. The SMILES string of the molecule is NCCCNC(=O)c1cc2n(n1)CCN(Cc1cccc(C(F)(F)F)c1)C2=O. The Kier molecular flexibility index (Phi) is 5.68. The Morgan fingerprint density at radius 3 is 2.75 bits per heavy atom. The first kappa shape index (κ1) is 19.9. The maximum absolute atomic E-state index is 12.9. The second-order valence-electron chi connectivity index (χ2n) is 6.46. The second kappa shape index (κ2) is 8.01. The number of carbonyl (C=O) groups is 2. The minimum absolute atomic E-state index is 0.0476. The fourth-order valence-corrected chi connectivity index (χ4v) is 2.96. The Hall–Kier alpha value is -2.88. The van der Waals surface area contributed by atoms with Crippen LogP contribution in [0.3, 0.4) is 0 Å². The van der Waals surface area contributed by atoms with Crippen LogP contribution in [0.1, 0.15) is 38.5 Å². The number of nitrogens with one attached hydrogen (secondary N) is 1. The molecule has 3 N–H and O–H groups in total. The highest BCUT2D eigenvalue weighted by Gasteiger charge is 2.31. The minimum Gasteiger partial charge on any atom is -0.351 e. The van der Waals surface area contributed by atoms with Gasteiger partial charge in [0.25, 0.3) is 11.8 Å². The topological polar surface area (TPSA) is 93.2 Å². The van der Waals surface area contributed by atoms with Gasteiger partial charge in [0, 0.05) is 25.7 Å². The van der Waals surface area contributed by atoms with Gasteiger partial charge in [-0.2, -0.15) is 18.3 Å². The first-order valence-electron chi connectivity index (χ1n) is 8.81. The predicted molar refractivity (Wildman–Crippen MR) is 94.4 cm³/mol. The largest absolute Gasteiger partial charge is 0.416 e. The van der Waals surface area contributed by atoms with Crippen LogP contribution in [0.4, 0.5) is 13.2 Å². The van der Waals surface area contributed by atoms with Crippen molar-refractivity contribution in [3.05, 3.63) is 52.8 Å². The molecule has 0 bridgehead atoms. The zero-order valence-electron chi connectivity index (χ0n) is 15.0. The number of nitrogens with zero attached hydrogens (tertiary/aromatic N) is 3. The van der Waals surface area contributed by atoms with E-state index in [1.807, 2.05) is 0 Å². The lowest BCUT2D eigenvalue weighted by Crippen LogP contribution is -2.39. The smallest absolute Gasteiger partial charge is 0.351 e. The van der Waals surface area contributed by atoms with E-state index in [0.717, 1.165) is 12.1 Å². The van der Waals surface area contributed by atoms with Crippen molar-refractivity contribution in [2.75, 3.05) is 19.6 Å². The number of nitrogens with two attached hydrogens (primary N) is 1. The number of halogens is 3. The third-order valence-corrected chi connectivity index (χ3v) is 4.39.